The molecule has 0 bridgehead atoms. The lowest BCUT2D eigenvalue weighted by Crippen LogP contribution is -2.28. The van der Waals surface area contributed by atoms with Gasteiger partial charge in [0.2, 0.25) is 0 Å². The summed E-state index contributed by atoms with van der Waals surface area (Å²) in [5.41, 5.74) is 5.82. The van der Waals surface area contributed by atoms with E-state index in [4.69, 9.17) is 10.5 Å². The van der Waals surface area contributed by atoms with Crippen LogP contribution < -0.4 is 5.73 Å². The zero-order chi connectivity index (χ0) is 9.52. The Hall–Kier alpha value is 0.270. The van der Waals surface area contributed by atoms with Crippen LogP contribution in [0.3, 0.4) is 0 Å². The first-order chi connectivity index (χ1) is 6.33. The Morgan fingerprint density at radius 1 is 1.46 bits per heavy atom. The Bertz CT molecular complexity index is 126. The minimum Gasteiger partial charge on any atom is -0.383 e. The van der Waals surface area contributed by atoms with E-state index in [-0.39, 0.29) is 6.04 Å². The van der Waals surface area contributed by atoms with E-state index >= 15 is 0 Å². The minimum atomic E-state index is 0.219. The van der Waals surface area contributed by atoms with Gasteiger partial charge in [0.05, 0.1) is 6.61 Å². The summed E-state index contributed by atoms with van der Waals surface area (Å²) in [6, 6.07) is 0.219. The second-order valence-corrected chi connectivity index (χ2v) is 4.98. The highest BCUT2D eigenvalue weighted by Crippen LogP contribution is 2.27. The molecule has 1 aliphatic rings. The predicted molar refractivity (Wildman–Crippen MR) is 59.1 cm³/mol. The van der Waals surface area contributed by atoms with Crippen molar-refractivity contribution in [2.24, 2.45) is 11.7 Å². The number of hydrogen-bond acceptors (Lipinski definition) is 3. The van der Waals surface area contributed by atoms with Crippen molar-refractivity contribution < 1.29 is 4.74 Å². The maximum atomic E-state index is 5.82. The Morgan fingerprint density at radius 2 is 2.15 bits per heavy atom. The molecule has 78 valence electrons. The van der Waals surface area contributed by atoms with Crippen LogP contribution >= 0.6 is 11.8 Å². The molecule has 2 N–H and O–H groups in total. The maximum Gasteiger partial charge on any atom is 0.0621 e. The lowest BCUT2D eigenvalue weighted by molar-refractivity contribution is 0.186. The molecule has 0 aromatic carbocycles. The molecular formula is C10H21NOS. The van der Waals surface area contributed by atoms with Crippen LogP contribution in [0.1, 0.15) is 25.7 Å². The number of nitrogens with two attached hydrogens (primary N) is 1. The van der Waals surface area contributed by atoms with Gasteiger partial charge < -0.3 is 10.5 Å². The molecular weight excluding hydrogens is 182 g/mol. The Kier molecular flexibility index (Phi) is 5.83. The number of thioether (sulfide) groups is 1. The van der Waals surface area contributed by atoms with Crippen molar-refractivity contribution in [3.63, 3.8) is 0 Å². The van der Waals surface area contributed by atoms with E-state index in [1.165, 1.54) is 31.4 Å². The first kappa shape index (κ1) is 11.3. The number of ether oxygens (including phenoxy) is 1. The standard InChI is InChI=1S/C10H21NOS/c1-12-6-10(11)8-13-7-9-4-2-3-5-9/h9-10H,2-8,11H2,1H3. The summed E-state index contributed by atoms with van der Waals surface area (Å²) in [6.07, 6.45) is 5.75. The summed E-state index contributed by atoms with van der Waals surface area (Å²) in [4.78, 5) is 0. The molecule has 1 rings (SSSR count). The molecule has 2 nitrogen and oxygen atoms in total. The zero-order valence-electron chi connectivity index (χ0n) is 8.50. The fraction of sp³-hybridized carbons (Fsp3) is 1.00. The molecule has 1 aliphatic carbocycles. The van der Waals surface area contributed by atoms with Crippen LogP contribution in [-0.2, 0) is 4.74 Å². The van der Waals surface area contributed by atoms with Crippen molar-refractivity contribution in [3.05, 3.63) is 0 Å². The number of hydrogen-bond donors (Lipinski definition) is 1. The molecule has 0 aromatic heterocycles. The summed E-state index contributed by atoms with van der Waals surface area (Å²) >= 11 is 1.99. The molecule has 0 radical (unpaired) electrons. The lowest BCUT2D eigenvalue weighted by atomic mass is 10.1. The van der Waals surface area contributed by atoms with E-state index < -0.39 is 0 Å². The third-order valence-corrected chi connectivity index (χ3v) is 3.91. The van der Waals surface area contributed by atoms with E-state index in [1.54, 1.807) is 7.11 Å². The van der Waals surface area contributed by atoms with Gasteiger partial charge in [0, 0.05) is 18.9 Å². The molecule has 0 spiro atoms. The molecule has 1 fully saturated rings. The van der Waals surface area contributed by atoms with Crippen molar-refractivity contribution in [1.29, 1.82) is 0 Å². The van der Waals surface area contributed by atoms with Crippen LogP contribution in [-0.4, -0.2) is 31.3 Å². The first-order valence-corrected chi connectivity index (χ1v) is 6.30. The predicted octanol–water partition coefficient (Wildman–Crippen LogP) is 1.88. The number of rotatable bonds is 6. The van der Waals surface area contributed by atoms with Gasteiger partial charge in [-0.2, -0.15) is 11.8 Å². The van der Waals surface area contributed by atoms with Crippen molar-refractivity contribution >= 4 is 11.8 Å². The molecule has 0 heterocycles. The van der Waals surface area contributed by atoms with Crippen molar-refractivity contribution in [1.82, 2.24) is 0 Å². The smallest absolute Gasteiger partial charge is 0.0621 e. The van der Waals surface area contributed by atoms with Crippen LogP contribution in [0, 0.1) is 5.92 Å². The summed E-state index contributed by atoms with van der Waals surface area (Å²) in [5, 5.41) is 0. The van der Waals surface area contributed by atoms with E-state index in [0.29, 0.717) is 6.61 Å². The molecule has 13 heavy (non-hydrogen) atoms. The van der Waals surface area contributed by atoms with Crippen molar-refractivity contribution in [3.8, 4) is 0 Å². The average molecular weight is 203 g/mol. The highest BCUT2D eigenvalue weighted by molar-refractivity contribution is 7.99. The van der Waals surface area contributed by atoms with Gasteiger partial charge in [-0.15, -0.1) is 0 Å². The molecule has 3 heteroatoms. The van der Waals surface area contributed by atoms with E-state index in [1.807, 2.05) is 11.8 Å². The third-order valence-electron chi connectivity index (χ3n) is 2.54. The fourth-order valence-corrected chi connectivity index (χ4v) is 3.03. The Balaban J connectivity index is 1.93. The van der Waals surface area contributed by atoms with Gasteiger partial charge >= 0.3 is 0 Å². The topological polar surface area (TPSA) is 35.2 Å². The lowest BCUT2D eigenvalue weighted by Gasteiger charge is -2.12. The summed E-state index contributed by atoms with van der Waals surface area (Å²) in [6.45, 7) is 0.692. The molecule has 0 amide bonds. The molecule has 1 unspecified atom stereocenters. The van der Waals surface area contributed by atoms with Gasteiger partial charge in [-0.3, -0.25) is 0 Å². The second-order valence-electron chi connectivity index (χ2n) is 3.90. The van der Waals surface area contributed by atoms with Gasteiger partial charge in [-0.05, 0) is 24.5 Å². The summed E-state index contributed by atoms with van der Waals surface area (Å²) in [5.74, 6) is 3.32. The van der Waals surface area contributed by atoms with Gasteiger partial charge in [0.1, 0.15) is 0 Å². The normalized spacial score (nSPS) is 20.8. The SMILES string of the molecule is COCC(N)CSCC1CCCC1. The van der Waals surface area contributed by atoms with Crippen LogP contribution in [0.15, 0.2) is 0 Å². The summed E-state index contributed by atoms with van der Waals surface area (Å²) < 4.78 is 4.99. The molecule has 1 atom stereocenters. The van der Waals surface area contributed by atoms with Gasteiger partial charge in [0.25, 0.3) is 0 Å². The Morgan fingerprint density at radius 3 is 2.77 bits per heavy atom. The highest BCUT2D eigenvalue weighted by Gasteiger charge is 2.14. The Labute approximate surface area is 85.6 Å². The second kappa shape index (κ2) is 6.68. The molecule has 0 aromatic rings. The van der Waals surface area contributed by atoms with Crippen molar-refractivity contribution in [2.75, 3.05) is 25.2 Å². The average Bonchev–Trinajstić information content (AvgIpc) is 2.57. The van der Waals surface area contributed by atoms with Crippen LogP contribution in [0.2, 0.25) is 0 Å². The van der Waals surface area contributed by atoms with E-state index in [9.17, 15) is 0 Å². The van der Waals surface area contributed by atoms with Crippen LogP contribution in [0.5, 0.6) is 0 Å². The maximum absolute atomic E-state index is 5.82. The molecule has 0 saturated heterocycles. The summed E-state index contributed by atoms with van der Waals surface area (Å²) in [7, 11) is 1.71. The fourth-order valence-electron chi connectivity index (χ4n) is 1.83. The van der Waals surface area contributed by atoms with E-state index in [2.05, 4.69) is 0 Å². The van der Waals surface area contributed by atoms with Crippen molar-refractivity contribution in [2.45, 2.75) is 31.7 Å². The highest BCUT2D eigenvalue weighted by atomic mass is 32.2. The molecule has 0 aliphatic heterocycles. The van der Waals surface area contributed by atoms with Gasteiger partial charge in [-0.1, -0.05) is 12.8 Å². The van der Waals surface area contributed by atoms with Crippen LogP contribution in [0.4, 0.5) is 0 Å². The number of methoxy groups -OCH3 is 1. The van der Waals surface area contributed by atoms with Gasteiger partial charge in [0.15, 0.2) is 0 Å². The quantitative estimate of drug-likeness (QED) is 0.716. The van der Waals surface area contributed by atoms with Gasteiger partial charge in [-0.25, -0.2) is 0 Å². The van der Waals surface area contributed by atoms with Crippen LogP contribution in [0.25, 0.3) is 0 Å². The monoisotopic (exact) mass is 203 g/mol. The van der Waals surface area contributed by atoms with E-state index in [0.717, 1.165) is 11.7 Å². The first-order valence-electron chi connectivity index (χ1n) is 5.15. The largest absolute Gasteiger partial charge is 0.383 e. The molecule has 1 saturated carbocycles. The minimum absolute atomic E-state index is 0.219. The third kappa shape index (κ3) is 4.89. The zero-order valence-corrected chi connectivity index (χ0v) is 9.31.